The molecular formula is C17H14ClN3O4. The van der Waals surface area contributed by atoms with Gasteiger partial charge in [0.15, 0.2) is 0 Å². The molecule has 3 aromatic rings. The van der Waals surface area contributed by atoms with Crippen LogP contribution in [-0.2, 0) is 11.3 Å². The van der Waals surface area contributed by atoms with Crippen LogP contribution in [-0.4, -0.2) is 12.1 Å². The van der Waals surface area contributed by atoms with Gasteiger partial charge in [-0.25, -0.2) is 20.4 Å². The molecule has 25 heavy (non-hydrogen) atoms. The van der Waals surface area contributed by atoms with Crippen molar-refractivity contribution in [3.05, 3.63) is 65.2 Å². The molecule has 0 fully saturated rings. The average Bonchev–Trinajstić information content (AvgIpc) is 3.01. The van der Waals surface area contributed by atoms with Gasteiger partial charge in [-0.3, -0.25) is 5.32 Å². The predicted molar refractivity (Wildman–Crippen MR) is 93.1 cm³/mol. The van der Waals surface area contributed by atoms with Gasteiger partial charge in [0.1, 0.15) is 12.2 Å². The Morgan fingerprint density at radius 3 is 2.56 bits per heavy atom. The van der Waals surface area contributed by atoms with Crippen molar-refractivity contribution < 1.29 is 18.7 Å². The van der Waals surface area contributed by atoms with Gasteiger partial charge in [0.25, 0.3) is 0 Å². The van der Waals surface area contributed by atoms with E-state index in [0.29, 0.717) is 10.6 Å². The largest absolute Gasteiger partial charge is 0.443 e. The summed E-state index contributed by atoms with van der Waals surface area (Å²) in [6, 6.07) is 15.2. The zero-order valence-electron chi connectivity index (χ0n) is 12.9. The van der Waals surface area contributed by atoms with E-state index in [2.05, 4.69) is 16.2 Å². The summed E-state index contributed by atoms with van der Waals surface area (Å²) in [6.07, 6.45) is -0.797. The van der Waals surface area contributed by atoms with Gasteiger partial charge in [0.05, 0.1) is 0 Å². The van der Waals surface area contributed by atoms with Gasteiger partial charge < -0.3 is 9.15 Å². The van der Waals surface area contributed by atoms with Crippen LogP contribution >= 0.6 is 11.6 Å². The number of hydrazine groups is 1. The lowest BCUT2D eigenvalue weighted by atomic mass is 10.2. The minimum Gasteiger partial charge on any atom is -0.443 e. The Bertz CT molecular complexity index is 859. The summed E-state index contributed by atoms with van der Waals surface area (Å²) in [5, 5.41) is 3.91. The number of nitrogens with one attached hydrogen (secondary N) is 3. The molecule has 128 valence electrons. The first-order valence-electron chi connectivity index (χ1n) is 7.33. The first-order chi connectivity index (χ1) is 12.1. The van der Waals surface area contributed by atoms with Crippen LogP contribution in [0.25, 0.3) is 11.0 Å². The number of carbonyl (C=O) groups excluding carboxylic acids is 2. The Kier molecular flexibility index (Phi) is 5.06. The Balaban J connectivity index is 1.43. The molecule has 0 spiro atoms. The first kappa shape index (κ1) is 16.7. The van der Waals surface area contributed by atoms with Crippen LogP contribution in [0.1, 0.15) is 5.56 Å². The highest BCUT2D eigenvalue weighted by atomic mass is 35.5. The minimum absolute atomic E-state index is 0.0515. The van der Waals surface area contributed by atoms with E-state index in [-0.39, 0.29) is 12.5 Å². The van der Waals surface area contributed by atoms with Gasteiger partial charge >= 0.3 is 12.1 Å². The number of hydrogen-bond donors (Lipinski definition) is 3. The van der Waals surface area contributed by atoms with Crippen LogP contribution < -0.4 is 16.2 Å². The lowest BCUT2D eigenvalue weighted by molar-refractivity contribution is 0.135. The van der Waals surface area contributed by atoms with Crippen LogP contribution in [0.5, 0.6) is 0 Å². The molecule has 3 amide bonds. The normalized spacial score (nSPS) is 10.3. The van der Waals surface area contributed by atoms with Crippen molar-refractivity contribution in [1.82, 2.24) is 10.9 Å². The van der Waals surface area contributed by atoms with Crippen molar-refractivity contribution in [3.8, 4) is 0 Å². The van der Waals surface area contributed by atoms with Gasteiger partial charge in [-0.15, -0.1) is 0 Å². The molecule has 1 heterocycles. The molecule has 3 N–H and O–H groups in total. The molecule has 7 nitrogen and oxygen atoms in total. The van der Waals surface area contributed by atoms with Gasteiger partial charge in [0, 0.05) is 16.5 Å². The second-order valence-corrected chi connectivity index (χ2v) is 5.49. The van der Waals surface area contributed by atoms with E-state index in [4.69, 9.17) is 20.8 Å². The average molecular weight is 360 g/mol. The van der Waals surface area contributed by atoms with Crippen molar-refractivity contribution >= 4 is 40.6 Å². The number of anilines is 1. The van der Waals surface area contributed by atoms with Crippen LogP contribution in [0.3, 0.4) is 0 Å². The molecular weight excluding hydrogens is 346 g/mol. The molecule has 1 aromatic heterocycles. The fourth-order valence-corrected chi connectivity index (χ4v) is 2.19. The zero-order valence-corrected chi connectivity index (χ0v) is 13.7. The molecule has 3 rings (SSSR count). The number of para-hydroxylation sites is 1. The number of fused-ring (bicyclic) bond motifs is 1. The maximum atomic E-state index is 11.7. The van der Waals surface area contributed by atoms with E-state index in [9.17, 15) is 9.59 Å². The second-order valence-electron chi connectivity index (χ2n) is 5.06. The molecule has 0 aliphatic heterocycles. The second kappa shape index (κ2) is 7.59. The molecule has 0 bridgehead atoms. The highest BCUT2D eigenvalue weighted by Gasteiger charge is 2.09. The quantitative estimate of drug-likeness (QED) is 0.615. The van der Waals surface area contributed by atoms with Crippen molar-refractivity contribution in [2.45, 2.75) is 6.61 Å². The topological polar surface area (TPSA) is 92.6 Å². The van der Waals surface area contributed by atoms with Crippen LogP contribution in [0.4, 0.5) is 15.5 Å². The summed E-state index contributed by atoms with van der Waals surface area (Å²) in [6.45, 7) is 0.0515. The molecule has 0 radical (unpaired) electrons. The molecule has 0 saturated carbocycles. The first-order valence-corrected chi connectivity index (χ1v) is 7.71. The summed E-state index contributed by atoms with van der Waals surface area (Å²) >= 11 is 5.77. The third kappa shape index (κ3) is 4.65. The van der Waals surface area contributed by atoms with Crippen molar-refractivity contribution in [2.75, 3.05) is 5.32 Å². The molecule has 0 saturated heterocycles. The number of urea groups is 1. The highest BCUT2D eigenvalue weighted by Crippen LogP contribution is 2.22. The lowest BCUT2D eigenvalue weighted by Gasteiger charge is -2.08. The Labute approximate surface area is 147 Å². The summed E-state index contributed by atoms with van der Waals surface area (Å²) in [4.78, 5) is 23.3. The molecule has 0 aliphatic rings. The van der Waals surface area contributed by atoms with Gasteiger partial charge in [-0.2, -0.15) is 0 Å². The van der Waals surface area contributed by atoms with E-state index in [0.717, 1.165) is 10.9 Å². The van der Waals surface area contributed by atoms with Crippen LogP contribution in [0, 0.1) is 0 Å². The predicted octanol–water partition coefficient (Wildman–Crippen LogP) is 4.05. The van der Waals surface area contributed by atoms with Gasteiger partial charge in [0.2, 0.25) is 5.88 Å². The third-order valence-corrected chi connectivity index (χ3v) is 3.48. The van der Waals surface area contributed by atoms with E-state index in [1.165, 1.54) is 0 Å². The summed E-state index contributed by atoms with van der Waals surface area (Å²) in [5.74, 6) is 0.259. The molecule has 8 heteroatoms. The number of benzene rings is 2. The minimum atomic E-state index is -0.797. The SMILES string of the molecule is O=C(NNC(=O)OCc1ccc(Cl)cc1)Nc1cc2ccccc2o1. The van der Waals surface area contributed by atoms with Crippen molar-refractivity contribution in [2.24, 2.45) is 0 Å². The number of hydrogen-bond acceptors (Lipinski definition) is 4. The Hall–Kier alpha value is -3.19. The van der Waals surface area contributed by atoms with E-state index in [1.54, 1.807) is 36.4 Å². The Morgan fingerprint density at radius 1 is 1.04 bits per heavy atom. The van der Waals surface area contributed by atoms with E-state index in [1.807, 2.05) is 18.2 Å². The lowest BCUT2D eigenvalue weighted by Crippen LogP contribution is -2.44. The smallest absolute Gasteiger partial charge is 0.426 e. The number of furan rings is 1. The fraction of sp³-hybridized carbons (Fsp3) is 0.0588. The summed E-state index contributed by atoms with van der Waals surface area (Å²) in [5.41, 5.74) is 5.71. The monoisotopic (exact) mass is 359 g/mol. The molecule has 0 atom stereocenters. The van der Waals surface area contributed by atoms with Crippen molar-refractivity contribution in [1.29, 1.82) is 0 Å². The molecule has 2 aromatic carbocycles. The van der Waals surface area contributed by atoms with Gasteiger partial charge in [-0.1, -0.05) is 41.9 Å². The van der Waals surface area contributed by atoms with E-state index < -0.39 is 12.1 Å². The standard InChI is InChI=1S/C17H14ClN3O4/c18-13-7-5-11(6-8-13)10-24-17(23)21-20-16(22)19-15-9-12-3-1-2-4-14(12)25-15/h1-9H,10H2,(H,21,23)(H2,19,20,22). The highest BCUT2D eigenvalue weighted by molar-refractivity contribution is 6.30. The number of rotatable bonds is 3. The van der Waals surface area contributed by atoms with Crippen LogP contribution in [0.2, 0.25) is 5.02 Å². The number of halogens is 1. The molecule has 0 unspecified atom stereocenters. The molecule has 0 aliphatic carbocycles. The summed E-state index contributed by atoms with van der Waals surface area (Å²) < 4.78 is 10.4. The maximum Gasteiger partial charge on any atom is 0.426 e. The van der Waals surface area contributed by atoms with Crippen LogP contribution in [0.15, 0.2) is 59.0 Å². The third-order valence-electron chi connectivity index (χ3n) is 3.22. The number of ether oxygens (including phenoxy) is 1. The number of amides is 3. The Morgan fingerprint density at radius 2 is 1.80 bits per heavy atom. The fourth-order valence-electron chi connectivity index (χ4n) is 2.06. The van der Waals surface area contributed by atoms with E-state index >= 15 is 0 Å². The maximum absolute atomic E-state index is 11.7. The number of carbonyl (C=O) groups is 2. The van der Waals surface area contributed by atoms with Crippen molar-refractivity contribution in [3.63, 3.8) is 0 Å². The summed E-state index contributed by atoms with van der Waals surface area (Å²) in [7, 11) is 0. The van der Waals surface area contributed by atoms with Gasteiger partial charge in [-0.05, 0) is 23.8 Å². The zero-order chi connectivity index (χ0) is 17.6.